The van der Waals surface area contributed by atoms with E-state index in [0.717, 1.165) is 23.3 Å². The van der Waals surface area contributed by atoms with Gasteiger partial charge in [-0.1, -0.05) is 41.2 Å². The number of nitrogens with zero attached hydrogens (tertiary/aromatic N) is 3. The minimum absolute atomic E-state index is 0.0742. The fraction of sp³-hybridized carbons (Fsp3) is 0.273. The third kappa shape index (κ3) is 7.07. The molecule has 0 saturated heterocycles. The third-order valence-corrected chi connectivity index (χ3v) is 4.99. The molecule has 0 unspecified atom stereocenters. The summed E-state index contributed by atoms with van der Waals surface area (Å²) >= 11 is 1.17. The van der Waals surface area contributed by atoms with Crippen molar-refractivity contribution in [3.8, 4) is 11.5 Å². The van der Waals surface area contributed by atoms with Gasteiger partial charge in [0.15, 0.2) is 0 Å². The lowest BCUT2D eigenvalue weighted by molar-refractivity contribution is -0.120. The molecule has 3 rings (SSSR count). The number of nitrogens with one attached hydrogen (secondary N) is 1. The van der Waals surface area contributed by atoms with Crippen molar-refractivity contribution >= 4 is 28.6 Å². The number of anilines is 1. The van der Waals surface area contributed by atoms with E-state index in [0.29, 0.717) is 29.1 Å². The van der Waals surface area contributed by atoms with E-state index in [2.05, 4.69) is 33.7 Å². The lowest BCUT2D eigenvalue weighted by atomic mass is 10.1. The van der Waals surface area contributed by atoms with Crippen LogP contribution in [-0.4, -0.2) is 35.5 Å². The Bertz CT molecular complexity index is 1050. The van der Waals surface area contributed by atoms with Gasteiger partial charge in [-0.25, -0.2) is 5.43 Å². The fourth-order valence-corrected chi connectivity index (χ4v) is 3.40. The molecule has 3 aromatic rings. The molecule has 0 radical (unpaired) electrons. The Labute approximate surface area is 185 Å². The van der Waals surface area contributed by atoms with Crippen LogP contribution in [0.25, 0.3) is 0 Å². The molecule has 0 aliphatic heterocycles. The molecular formula is C22H25N5O3S. The summed E-state index contributed by atoms with van der Waals surface area (Å²) in [6.45, 7) is 5.16. The molecule has 1 amide bonds. The van der Waals surface area contributed by atoms with Crippen molar-refractivity contribution in [3.05, 3.63) is 64.2 Å². The minimum atomic E-state index is -0.297. The van der Waals surface area contributed by atoms with Crippen molar-refractivity contribution < 1.29 is 14.3 Å². The highest BCUT2D eigenvalue weighted by molar-refractivity contribution is 7.15. The number of hydrazone groups is 1. The van der Waals surface area contributed by atoms with Crippen molar-refractivity contribution in [1.29, 1.82) is 0 Å². The van der Waals surface area contributed by atoms with Gasteiger partial charge in [-0.05, 0) is 37.6 Å². The van der Waals surface area contributed by atoms with Crippen molar-refractivity contribution in [2.75, 3.05) is 18.9 Å². The number of carbonyl (C=O) groups is 1. The van der Waals surface area contributed by atoms with Gasteiger partial charge in [-0.3, -0.25) is 4.79 Å². The summed E-state index contributed by atoms with van der Waals surface area (Å²) in [7, 11) is 0. The lowest BCUT2D eigenvalue weighted by Gasteiger charge is -2.11. The maximum Gasteiger partial charge on any atom is 0.247 e. The summed E-state index contributed by atoms with van der Waals surface area (Å²) in [5, 5.41) is 12.4. The molecule has 8 nitrogen and oxygen atoms in total. The van der Waals surface area contributed by atoms with Crippen LogP contribution in [0, 0.1) is 13.8 Å². The second kappa shape index (κ2) is 11.1. The summed E-state index contributed by atoms with van der Waals surface area (Å²) in [5.41, 5.74) is 11.1. The summed E-state index contributed by atoms with van der Waals surface area (Å²) in [6.07, 6.45) is 2.36. The molecule has 162 valence electrons. The van der Waals surface area contributed by atoms with Crippen LogP contribution >= 0.6 is 11.3 Å². The fourth-order valence-electron chi connectivity index (χ4n) is 2.79. The number of para-hydroxylation sites is 1. The van der Waals surface area contributed by atoms with Crippen LogP contribution in [0.1, 0.15) is 28.1 Å². The van der Waals surface area contributed by atoms with E-state index in [-0.39, 0.29) is 12.3 Å². The van der Waals surface area contributed by atoms with Crippen LogP contribution in [0.5, 0.6) is 11.5 Å². The molecule has 9 heteroatoms. The molecule has 2 aromatic carbocycles. The minimum Gasteiger partial charge on any atom is -0.493 e. The Kier molecular flexibility index (Phi) is 7.94. The molecular weight excluding hydrogens is 414 g/mol. The Morgan fingerprint density at radius 1 is 1.13 bits per heavy atom. The Hall–Kier alpha value is -3.46. The van der Waals surface area contributed by atoms with Gasteiger partial charge < -0.3 is 15.2 Å². The first kappa shape index (κ1) is 22.2. The zero-order chi connectivity index (χ0) is 22.1. The molecule has 1 aromatic heterocycles. The normalized spacial score (nSPS) is 10.9. The number of hydrogen-bond donors (Lipinski definition) is 2. The molecule has 0 aliphatic carbocycles. The average Bonchev–Trinajstić information content (AvgIpc) is 3.14. The van der Waals surface area contributed by atoms with E-state index in [1.807, 2.05) is 43.3 Å². The predicted molar refractivity (Wildman–Crippen MR) is 122 cm³/mol. The molecule has 0 fully saturated rings. The van der Waals surface area contributed by atoms with Gasteiger partial charge in [0.1, 0.15) is 16.5 Å². The molecule has 0 aliphatic rings. The quantitative estimate of drug-likeness (QED) is 0.285. The first-order valence-electron chi connectivity index (χ1n) is 9.83. The van der Waals surface area contributed by atoms with Crippen molar-refractivity contribution in [3.63, 3.8) is 0 Å². The molecule has 0 atom stereocenters. The van der Waals surface area contributed by atoms with Crippen LogP contribution in [0.2, 0.25) is 0 Å². The van der Waals surface area contributed by atoms with Crippen LogP contribution in [-0.2, 0) is 11.2 Å². The van der Waals surface area contributed by atoms with E-state index in [1.54, 1.807) is 6.21 Å². The molecule has 3 N–H and O–H groups in total. The van der Waals surface area contributed by atoms with Crippen LogP contribution in [0.3, 0.4) is 0 Å². The summed E-state index contributed by atoms with van der Waals surface area (Å²) in [6, 6.07) is 13.6. The number of carbonyl (C=O) groups excluding carboxylic acids is 1. The average molecular weight is 440 g/mol. The molecule has 0 bridgehead atoms. The highest BCUT2D eigenvalue weighted by Crippen LogP contribution is 2.19. The molecule has 1 heterocycles. The van der Waals surface area contributed by atoms with Crippen molar-refractivity contribution in [2.24, 2.45) is 5.10 Å². The molecule has 0 spiro atoms. The standard InChI is InChI=1S/C22H25N5O3S/c1-15-8-9-18(16(2)12-15)29-10-5-11-30-19-7-4-3-6-17(19)14-24-25-20(28)13-21-26-27-22(23)31-21/h3-4,6-9,12,14H,5,10-11,13H2,1-2H3,(H2,23,27)(H,25,28)/b24-14+. The third-order valence-electron chi connectivity index (χ3n) is 4.24. The first-order valence-corrected chi connectivity index (χ1v) is 10.6. The van der Waals surface area contributed by atoms with Crippen LogP contribution in [0.4, 0.5) is 5.13 Å². The van der Waals surface area contributed by atoms with Gasteiger partial charge in [0.05, 0.1) is 25.8 Å². The second-order valence-corrected chi connectivity index (χ2v) is 7.95. The number of aryl methyl sites for hydroxylation is 2. The Morgan fingerprint density at radius 3 is 2.65 bits per heavy atom. The number of nitrogens with two attached hydrogens (primary N) is 1. The highest BCUT2D eigenvalue weighted by Gasteiger charge is 2.07. The Morgan fingerprint density at radius 2 is 1.90 bits per heavy atom. The number of benzene rings is 2. The largest absolute Gasteiger partial charge is 0.493 e. The van der Waals surface area contributed by atoms with Gasteiger partial charge in [0, 0.05) is 12.0 Å². The molecule has 31 heavy (non-hydrogen) atoms. The predicted octanol–water partition coefficient (Wildman–Crippen LogP) is 3.28. The SMILES string of the molecule is Cc1ccc(OCCCOc2ccccc2/C=N/NC(=O)Cc2nnc(N)s2)c(C)c1. The summed E-state index contributed by atoms with van der Waals surface area (Å²) in [5.74, 6) is 1.28. The van der Waals surface area contributed by atoms with Gasteiger partial charge in [0.2, 0.25) is 11.0 Å². The van der Waals surface area contributed by atoms with Gasteiger partial charge in [0.25, 0.3) is 0 Å². The van der Waals surface area contributed by atoms with Gasteiger partial charge >= 0.3 is 0 Å². The smallest absolute Gasteiger partial charge is 0.247 e. The number of hydrogen-bond acceptors (Lipinski definition) is 8. The zero-order valence-corrected chi connectivity index (χ0v) is 18.3. The second-order valence-electron chi connectivity index (χ2n) is 6.86. The highest BCUT2D eigenvalue weighted by atomic mass is 32.1. The topological polar surface area (TPSA) is 112 Å². The number of nitrogen functional groups attached to an aromatic ring is 1. The Balaban J connectivity index is 1.44. The lowest BCUT2D eigenvalue weighted by Crippen LogP contribution is -2.19. The summed E-state index contributed by atoms with van der Waals surface area (Å²) in [4.78, 5) is 11.9. The van der Waals surface area contributed by atoms with Gasteiger partial charge in [-0.2, -0.15) is 5.10 Å². The van der Waals surface area contributed by atoms with E-state index in [9.17, 15) is 4.79 Å². The zero-order valence-electron chi connectivity index (χ0n) is 17.5. The van der Waals surface area contributed by atoms with Gasteiger partial charge in [-0.15, -0.1) is 10.2 Å². The van der Waals surface area contributed by atoms with E-state index in [4.69, 9.17) is 15.2 Å². The van der Waals surface area contributed by atoms with E-state index >= 15 is 0 Å². The first-order chi connectivity index (χ1) is 15.0. The molecule has 0 saturated carbocycles. The van der Waals surface area contributed by atoms with E-state index in [1.165, 1.54) is 16.9 Å². The van der Waals surface area contributed by atoms with Crippen molar-refractivity contribution in [1.82, 2.24) is 15.6 Å². The number of rotatable bonds is 10. The van der Waals surface area contributed by atoms with Crippen LogP contribution in [0.15, 0.2) is 47.6 Å². The maximum absolute atomic E-state index is 11.9. The van der Waals surface area contributed by atoms with E-state index < -0.39 is 0 Å². The number of ether oxygens (including phenoxy) is 2. The number of aromatic nitrogens is 2. The summed E-state index contributed by atoms with van der Waals surface area (Å²) < 4.78 is 11.7. The maximum atomic E-state index is 11.9. The number of amides is 1. The van der Waals surface area contributed by atoms with Crippen LogP contribution < -0.4 is 20.6 Å². The monoisotopic (exact) mass is 439 g/mol. The van der Waals surface area contributed by atoms with Crippen molar-refractivity contribution in [2.45, 2.75) is 26.7 Å².